The minimum absolute atomic E-state index is 0.172. The molecule has 150 valence electrons. The van der Waals surface area contributed by atoms with Crippen LogP contribution in [0.15, 0.2) is 0 Å². The number of hydrogen-bond donors (Lipinski definition) is 2. The number of carbonyl (C=O) groups is 1. The molecule has 4 aliphatic rings. The van der Waals surface area contributed by atoms with Crippen LogP contribution >= 0.6 is 0 Å². The number of hydrogen-bond acceptors (Lipinski definition) is 5. The Morgan fingerprint density at radius 2 is 1.93 bits per heavy atom. The molecule has 3 atom stereocenters. The molecule has 6 nitrogen and oxygen atoms in total. The third-order valence-electron chi connectivity index (χ3n) is 7.32. The normalized spacial score (nSPS) is 35.6. The summed E-state index contributed by atoms with van der Waals surface area (Å²) in [6.07, 6.45) is 8.29. The number of piperidine rings is 3. The Bertz CT molecular complexity index is 592. The van der Waals surface area contributed by atoms with E-state index in [-0.39, 0.29) is 18.9 Å². The highest BCUT2D eigenvalue weighted by Crippen LogP contribution is 2.42. The van der Waals surface area contributed by atoms with Crippen molar-refractivity contribution in [2.24, 2.45) is 5.41 Å². The van der Waals surface area contributed by atoms with E-state index in [4.69, 9.17) is 4.74 Å². The van der Waals surface area contributed by atoms with Crippen LogP contribution in [0.3, 0.4) is 0 Å². The van der Waals surface area contributed by atoms with Gasteiger partial charge >= 0.3 is 6.09 Å². The van der Waals surface area contributed by atoms with Crippen LogP contribution in [-0.4, -0.2) is 71.6 Å². The van der Waals surface area contributed by atoms with E-state index in [2.05, 4.69) is 22.1 Å². The summed E-state index contributed by atoms with van der Waals surface area (Å²) in [4.78, 5) is 17.2. The van der Waals surface area contributed by atoms with Gasteiger partial charge in [0.25, 0.3) is 0 Å². The molecule has 0 saturated carbocycles. The van der Waals surface area contributed by atoms with E-state index in [0.717, 1.165) is 51.7 Å². The van der Waals surface area contributed by atoms with Crippen LogP contribution in [0.5, 0.6) is 0 Å². The van der Waals surface area contributed by atoms with Gasteiger partial charge in [0.15, 0.2) is 6.61 Å². The summed E-state index contributed by atoms with van der Waals surface area (Å²) >= 11 is 0. The molecule has 4 rings (SSSR count). The van der Waals surface area contributed by atoms with Crippen molar-refractivity contribution in [3.8, 4) is 11.8 Å². The first-order chi connectivity index (χ1) is 13.1. The second-order valence-electron chi connectivity index (χ2n) is 8.89. The van der Waals surface area contributed by atoms with Gasteiger partial charge in [-0.25, -0.2) is 4.79 Å². The van der Waals surface area contributed by atoms with E-state index in [9.17, 15) is 9.90 Å². The summed E-state index contributed by atoms with van der Waals surface area (Å²) in [7, 11) is 0. The number of aliphatic hydroxyl groups excluding tert-OH is 1. The number of ether oxygens (including phenoxy) is 1. The molecule has 0 aliphatic carbocycles. The molecule has 2 bridgehead atoms. The fourth-order valence-electron chi connectivity index (χ4n) is 5.83. The van der Waals surface area contributed by atoms with Crippen molar-refractivity contribution >= 4 is 6.09 Å². The molecule has 4 heterocycles. The lowest BCUT2D eigenvalue weighted by molar-refractivity contribution is -0.0212. The Morgan fingerprint density at radius 1 is 1.22 bits per heavy atom. The zero-order chi connectivity index (χ0) is 18.9. The zero-order valence-electron chi connectivity index (χ0n) is 16.5. The highest BCUT2D eigenvalue weighted by Gasteiger charge is 2.46. The van der Waals surface area contributed by atoms with Crippen molar-refractivity contribution < 1.29 is 14.6 Å². The maximum atomic E-state index is 12.6. The van der Waals surface area contributed by atoms with Gasteiger partial charge < -0.3 is 19.6 Å². The highest BCUT2D eigenvalue weighted by molar-refractivity contribution is 5.69. The van der Waals surface area contributed by atoms with E-state index in [1.54, 1.807) is 6.92 Å². The van der Waals surface area contributed by atoms with Crippen molar-refractivity contribution in [1.29, 1.82) is 0 Å². The molecule has 0 aromatic carbocycles. The predicted molar refractivity (Wildman–Crippen MR) is 103 cm³/mol. The Kier molecular flexibility index (Phi) is 5.63. The monoisotopic (exact) mass is 375 g/mol. The zero-order valence-corrected chi connectivity index (χ0v) is 16.5. The fourth-order valence-corrected chi connectivity index (χ4v) is 5.83. The van der Waals surface area contributed by atoms with Crippen LogP contribution in [0.4, 0.5) is 4.79 Å². The highest BCUT2D eigenvalue weighted by atomic mass is 16.6. The van der Waals surface area contributed by atoms with Gasteiger partial charge in [-0.15, -0.1) is 5.92 Å². The summed E-state index contributed by atoms with van der Waals surface area (Å²) in [5.41, 5.74) is 0.302. The van der Waals surface area contributed by atoms with E-state index >= 15 is 0 Å². The van der Waals surface area contributed by atoms with Gasteiger partial charge in [0.2, 0.25) is 0 Å². The fraction of sp³-hybridized carbons (Fsp3) is 0.857. The molecule has 2 N–H and O–H groups in total. The summed E-state index contributed by atoms with van der Waals surface area (Å²) in [5.74, 6) is 5.60. The number of nitrogens with one attached hydrogen (secondary N) is 1. The molecule has 1 spiro atoms. The van der Waals surface area contributed by atoms with Gasteiger partial charge in [-0.3, -0.25) is 5.32 Å². The maximum Gasteiger partial charge on any atom is 0.411 e. The lowest BCUT2D eigenvalue weighted by Gasteiger charge is -2.52. The molecule has 4 fully saturated rings. The van der Waals surface area contributed by atoms with Crippen LogP contribution in [-0.2, 0) is 4.74 Å². The molecule has 0 aromatic heterocycles. The number of likely N-dealkylation sites (tertiary alicyclic amines) is 1. The Labute approximate surface area is 162 Å². The van der Waals surface area contributed by atoms with Crippen LogP contribution in [0.2, 0.25) is 0 Å². The lowest BCUT2D eigenvalue weighted by Crippen LogP contribution is -2.60. The quantitative estimate of drug-likeness (QED) is 0.722. The average Bonchev–Trinajstić information content (AvgIpc) is 3.01. The second kappa shape index (κ2) is 7.98. The largest absolute Gasteiger partial charge is 0.436 e. The molecule has 0 radical (unpaired) electrons. The van der Waals surface area contributed by atoms with Gasteiger partial charge in [0.05, 0.1) is 0 Å². The topological polar surface area (TPSA) is 65.0 Å². The first kappa shape index (κ1) is 19.0. The van der Waals surface area contributed by atoms with Crippen molar-refractivity contribution in [3.63, 3.8) is 0 Å². The van der Waals surface area contributed by atoms with E-state index in [1.807, 2.05) is 4.90 Å². The molecule has 4 saturated heterocycles. The van der Waals surface area contributed by atoms with Crippen molar-refractivity contribution in [1.82, 2.24) is 15.1 Å². The number of rotatable bonds is 2. The number of carbonyl (C=O) groups excluding carboxylic acids is 1. The average molecular weight is 376 g/mol. The van der Waals surface area contributed by atoms with Gasteiger partial charge in [-0.05, 0) is 76.8 Å². The van der Waals surface area contributed by atoms with E-state index in [1.165, 1.54) is 19.3 Å². The molecule has 1 amide bonds. The predicted octanol–water partition coefficient (Wildman–Crippen LogP) is 1.93. The smallest absolute Gasteiger partial charge is 0.411 e. The first-order valence-electron chi connectivity index (χ1n) is 10.6. The SMILES string of the molecule is CC#CCOC(=O)N1C2CCCC1CC(N1CCC3(CC1)CNC(O)C3)C2. The Balaban J connectivity index is 1.34. The van der Waals surface area contributed by atoms with E-state index < -0.39 is 0 Å². The molecule has 3 unspecified atom stereocenters. The minimum Gasteiger partial charge on any atom is -0.436 e. The Morgan fingerprint density at radius 3 is 2.52 bits per heavy atom. The van der Waals surface area contributed by atoms with Gasteiger partial charge in [-0.2, -0.15) is 0 Å². The molecule has 4 aliphatic heterocycles. The first-order valence-corrected chi connectivity index (χ1v) is 10.6. The van der Waals surface area contributed by atoms with Crippen LogP contribution in [0, 0.1) is 17.3 Å². The van der Waals surface area contributed by atoms with Gasteiger partial charge in [0, 0.05) is 24.7 Å². The van der Waals surface area contributed by atoms with Crippen molar-refractivity contribution in [2.75, 3.05) is 26.2 Å². The molecule has 0 aromatic rings. The maximum absolute atomic E-state index is 12.6. The molecular formula is C21H33N3O3. The number of nitrogens with zero attached hydrogens (tertiary/aromatic N) is 2. The molecule has 27 heavy (non-hydrogen) atoms. The van der Waals surface area contributed by atoms with Gasteiger partial charge in [-0.1, -0.05) is 5.92 Å². The van der Waals surface area contributed by atoms with Crippen molar-refractivity contribution in [3.05, 3.63) is 0 Å². The van der Waals surface area contributed by atoms with Gasteiger partial charge in [0.1, 0.15) is 6.23 Å². The molecular weight excluding hydrogens is 342 g/mol. The third kappa shape index (κ3) is 3.96. The molecule has 6 heteroatoms. The van der Waals surface area contributed by atoms with Crippen LogP contribution in [0.25, 0.3) is 0 Å². The van der Waals surface area contributed by atoms with Crippen LogP contribution in [0.1, 0.15) is 58.3 Å². The summed E-state index contributed by atoms with van der Waals surface area (Å²) in [6, 6.07) is 1.21. The minimum atomic E-state index is -0.317. The summed E-state index contributed by atoms with van der Waals surface area (Å²) in [6.45, 7) is 5.16. The third-order valence-corrected chi connectivity index (χ3v) is 7.32. The summed E-state index contributed by atoms with van der Waals surface area (Å²) < 4.78 is 5.38. The lowest BCUT2D eigenvalue weighted by atomic mass is 9.75. The van der Waals surface area contributed by atoms with Crippen molar-refractivity contribution in [2.45, 2.75) is 82.6 Å². The number of aliphatic hydroxyl groups is 1. The standard InChI is InChI=1S/C21H33N3O3/c1-2-3-11-27-20(26)24-16-5-4-6-17(24)13-18(12-16)23-9-7-21(8-10-23)14-19(25)22-15-21/h16-19,22,25H,4-15H2,1H3. The number of fused-ring (bicyclic) bond motifs is 2. The second-order valence-corrected chi connectivity index (χ2v) is 8.89. The summed E-state index contributed by atoms with van der Waals surface area (Å²) in [5, 5.41) is 13.1. The number of amides is 1. The Hall–Kier alpha value is -1.29. The van der Waals surface area contributed by atoms with Crippen LogP contribution < -0.4 is 5.32 Å². The van der Waals surface area contributed by atoms with E-state index in [0.29, 0.717) is 23.5 Å².